The zero-order valence-electron chi connectivity index (χ0n) is 11.2. The Morgan fingerprint density at radius 2 is 2.11 bits per heavy atom. The van der Waals surface area contributed by atoms with Gasteiger partial charge in [0.15, 0.2) is 4.77 Å². The first-order valence-electron chi connectivity index (χ1n) is 7.10. The van der Waals surface area contributed by atoms with Gasteiger partial charge in [0.2, 0.25) is 5.95 Å². The molecule has 1 aromatic heterocycles. The quantitative estimate of drug-likeness (QED) is 0.803. The molecule has 2 saturated carbocycles. The Hall–Kier alpha value is -0.840. The molecule has 1 heterocycles. The number of rotatable bonds is 6. The van der Waals surface area contributed by atoms with Crippen LogP contribution in [0.2, 0.25) is 0 Å². The van der Waals surface area contributed by atoms with Gasteiger partial charge in [0.25, 0.3) is 0 Å². The molecule has 0 aliphatic heterocycles. The molecule has 0 amide bonds. The minimum absolute atomic E-state index is 0.603. The van der Waals surface area contributed by atoms with Crippen molar-refractivity contribution in [3.05, 3.63) is 4.77 Å². The first-order chi connectivity index (χ1) is 8.66. The van der Waals surface area contributed by atoms with Crippen LogP contribution in [0, 0.1) is 10.7 Å². The van der Waals surface area contributed by atoms with Crippen LogP contribution >= 0.6 is 12.2 Å². The van der Waals surface area contributed by atoms with Crippen LogP contribution < -0.4 is 4.90 Å². The van der Waals surface area contributed by atoms with Gasteiger partial charge in [-0.3, -0.25) is 4.57 Å². The molecule has 0 atom stereocenters. The summed E-state index contributed by atoms with van der Waals surface area (Å²) in [5, 5.41) is 7.47. The van der Waals surface area contributed by atoms with Gasteiger partial charge in [-0.15, -0.1) is 5.10 Å². The summed E-state index contributed by atoms with van der Waals surface area (Å²) in [7, 11) is 0. The summed E-state index contributed by atoms with van der Waals surface area (Å²) in [6.45, 7) is 5.67. The lowest BCUT2D eigenvalue weighted by molar-refractivity contribution is 0.557. The van der Waals surface area contributed by atoms with Gasteiger partial charge in [0.1, 0.15) is 0 Å². The van der Waals surface area contributed by atoms with Crippen LogP contribution in [-0.2, 0) is 0 Å². The van der Waals surface area contributed by atoms with E-state index in [4.69, 9.17) is 12.2 Å². The highest BCUT2D eigenvalue weighted by molar-refractivity contribution is 7.71. The predicted octanol–water partition coefficient (Wildman–Crippen LogP) is 3.29. The maximum Gasteiger partial charge on any atom is 0.226 e. The van der Waals surface area contributed by atoms with Crippen molar-refractivity contribution in [3.63, 3.8) is 0 Å². The zero-order chi connectivity index (χ0) is 12.7. The number of aromatic nitrogens is 3. The van der Waals surface area contributed by atoms with Gasteiger partial charge in [-0.05, 0) is 50.2 Å². The minimum atomic E-state index is 0.603. The number of aromatic amines is 1. The fourth-order valence-corrected chi connectivity index (χ4v) is 2.67. The fraction of sp³-hybridized carbons (Fsp3) is 0.846. The number of hydrogen-bond acceptors (Lipinski definition) is 3. The van der Waals surface area contributed by atoms with E-state index >= 15 is 0 Å². The summed E-state index contributed by atoms with van der Waals surface area (Å²) in [4.78, 5) is 2.48. The van der Waals surface area contributed by atoms with Crippen molar-refractivity contribution >= 4 is 18.2 Å². The van der Waals surface area contributed by atoms with Crippen molar-refractivity contribution < 1.29 is 0 Å². The molecular formula is C13H22N4S. The summed E-state index contributed by atoms with van der Waals surface area (Å²) in [6, 6.07) is 1.30. The Kier molecular flexibility index (Phi) is 3.18. The second kappa shape index (κ2) is 4.68. The lowest BCUT2D eigenvalue weighted by Crippen LogP contribution is -2.30. The molecule has 2 fully saturated rings. The van der Waals surface area contributed by atoms with Crippen molar-refractivity contribution in [3.8, 4) is 0 Å². The third kappa shape index (κ3) is 2.46. The van der Waals surface area contributed by atoms with Crippen LogP contribution in [0.4, 0.5) is 5.95 Å². The maximum atomic E-state index is 5.37. The van der Waals surface area contributed by atoms with Crippen molar-refractivity contribution in [2.24, 2.45) is 5.92 Å². The van der Waals surface area contributed by atoms with Crippen molar-refractivity contribution in [2.75, 3.05) is 11.4 Å². The van der Waals surface area contributed by atoms with E-state index in [9.17, 15) is 0 Å². The number of hydrogen-bond donors (Lipinski definition) is 1. The number of nitrogens with one attached hydrogen (secondary N) is 1. The SMILES string of the molecule is CC(C)CCN(c1n[nH]c(=S)n1C1CC1)C1CC1. The van der Waals surface area contributed by atoms with E-state index in [0.717, 1.165) is 23.2 Å². The van der Waals surface area contributed by atoms with E-state index < -0.39 is 0 Å². The molecule has 0 bridgehead atoms. The standard InChI is InChI=1S/C13H22N4S/c1-9(2)7-8-16(10-3-4-10)12-14-15-13(18)17(12)11-5-6-11/h9-11H,3-8H2,1-2H3,(H,15,18). The van der Waals surface area contributed by atoms with E-state index in [0.29, 0.717) is 12.1 Å². The monoisotopic (exact) mass is 266 g/mol. The molecular weight excluding hydrogens is 244 g/mol. The zero-order valence-corrected chi connectivity index (χ0v) is 12.0. The Labute approximate surface area is 113 Å². The topological polar surface area (TPSA) is 36.9 Å². The van der Waals surface area contributed by atoms with Gasteiger partial charge < -0.3 is 4.90 Å². The molecule has 0 unspecified atom stereocenters. The van der Waals surface area contributed by atoms with Crippen LogP contribution in [0.1, 0.15) is 52.0 Å². The van der Waals surface area contributed by atoms with Gasteiger partial charge in [0.05, 0.1) is 0 Å². The molecule has 1 aromatic rings. The molecule has 0 spiro atoms. The lowest BCUT2D eigenvalue weighted by atomic mass is 10.1. The first kappa shape index (κ1) is 12.2. The molecule has 3 rings (SSSR count). The molecule has 0 radical (unpaired) electrons. The van der Waals surface area contributed by atoms with Gasteiger partial charge in [-0.1, -0.05) is 13.8 Å². The normalized spacial score (nSPS) is 19.5. The highest BCUT2D eigenvalue weighted by Crippen LogP contribution is 2.40. The molecule has 4 nitrogen and oxygen atoms in total. The molecule has 2 aliphatic carbocycles. The summed E-state index contributed by atoms with van der Waals surface area (Å²) in [5.74, 6) is 1.83. The van der Waals surface area contributed by atoms with E-state index in [2.05, 4.69) is 33.5 Å². The van der Waals surface area contributed by atoms with Gasteiger partial charge in [-0.25, -0.2) is 5.10 Å². The molecule has 100 valence electrons. The van der Waals surface area contributed by atoms with Crippen LogP contribution in [0.3, 0.4) is 0 Å². The van der Waals surface area contributed by atoms with Crippen LogP contribution in [0.25, 0.3) is 0 Å². The Bertz CT molecular complexity index is 468. The van der Waals surface area contributed by atoms with Crippen LogP contribution in [-0.4, -0.2) is 27.4 Å². The van der Waals surface area contributed by atoms with E-state index in [-0.39, 0.29) is 0 Å². The lowest BCUT2D eigenvalue weighted by Gasteiger charge is -2.24. The van der Waals surface area contributed by atoms with Gasteiger partial charge >= 0.3 is 0 Å². The maximum absolute atomic E-state index is 5.37. The third-order valence-electron chi connectivity index (χ3n) is 3.79. The van der Waals surface area contributed by atoms with Crippen molar-refractivity contribution in [2.45, 2.75) is 58.0 Å². The molecule has 1 N–H and O–H groups in total. The second-order valence-corrected chi connectivity index (χ2v) is 6.42. The summed E-state index contributed by atoms with van der Waals surface area (Å²) >= 11 is 5.37. The number of nitrogens with zero attached hydrogens (tertiary/aromatic N) is 3. The third-order valence-corrected chi connectivity index (χ3v) is 4.08. The molecule has 0 saturated heterocycles. The Balaban J connectivity index is 1.83. The largest absolute Gasteiger partial charge is 0.338 e. The van der Waals surface area contributed by atoms with Crippen molar-refractivity contribution in [1.82, 2.24) is 14.8 Å². The first-order valence-corrected chi connectivity index (χ1v) is 7.51. The van der Waals surface area contributed by atoms with Gasteiger partial charge in [-0.2, -0.15) is 0 Å². The molecule has 18 heavy (non-hydrogen) atoms. The van der Waals surface area contributed by atoms with Crippen LogP contribution in [0.5, 0.6) is 0 Å². The Morgan fingerprint density at radius 3 is 2.67 bits per heavy atom. The van der Waals surface area contributed by atoms with Crippen molar-refractivity contribution in [1.29, 1.82) is 0 Å². The smallest absolute Gasteiger partial charge is 0.226 e. The molecule has 2 aliphatic rings. The highest BCUT2D eigenvalue weighted by Gasteiger charge is 2.35. The van der Waals surface area contributed by atoms with E-state index in [1.54, 1.807) is 0 Å². The van der Waals surface area contributed by atoms with E-state index in [1.807, 2.05) is 0 Å². The van der Waals surface area contributed by atoms with Gasteiger partial charge in [0, 0.05) is 18.6 Å². The average molecular weight is 266 g/mol. The van der Waals surface area contributed by atoms with Crippen LogP contribution in [0.15, 0.2) is 0 Å². The summed E-state index contributed by atoms with van der Waals surface area (Å²) in [6.07, 6.45) is 6.35. The highest BCUT2D eigenvalue weighted by atomic mass is 32.1. The minimum Gasteiger partial charge on any atom is -0.338 e. The molecule has 0 aromatic carbocycles. The fourth-order valence-electron chi connectivity index (χ4n) is 2.39. The second-order valence-electron chi connectivity index (χ2n) is 6.04. The van der Waals surface area contributed by atoms with E-state index in [1.165, 1.54) is 32.1 Å². The predicted molar refractivity (Wildman–Crippen MR) is 75.5 cm³/mol. The molecule has 5 heteroatoms. The Morgan fingerprint density at radius 1 is 1.39 bits per heavy atom. The average Bonchev–Trinajstić information content (AvgIpc) is 3.20. The summed E-state index contributed by atoms with van der Waals surface area (Å²) < 4.78 is 3.04. The summed E-state index contributed by atoms with van der Waals surface area (Å²) in [5.41, 5.74) is 0. The number of anilines is 1. The number of H-pyrrole nitrogens is 1.